The lowest BCUT2D eigenvalue weighted by Crippen LogP contribution is -1.98. The van der Waals surface area contributed by atoms with Crippen LogP contribution in [-0.2, 0) is 6.54 Å². The molecule has 4 heteroatoms. The zero-order chi connectivity index (χ0) is 16.5. The number of aryl methyl sites for hydroxylation is 1. The van der Waals surface area contributed by atoms with Gasteiger partial charge in [0.2, 0.25) is 5.78 Å². The standard InChI is InChI=1S/C20H21N3O/c1-3-4-13-22-18-7-5-6-8-19(18)23-14-17(21-20(22)23)15-9-11-16(24-2)12-10-15/h5-12,14H,3-4,13H2,1-2H3. The van der Waals surface area contributed by atoms with Crippen molar-refractivity contribution < 1.29 is 4.74 Å². The largest absolute Gasteiger partial charge is 0.497 e. The van der Waals surface area contributed by atoms with Gasteiger partial charge in [0.1, 0.15) is 5.75 Å². The first-order valence-corrected chi connectivity index (χ1v) is 8.42. The number of aromatic nitrogens is 3. The molecule has 0 aliphatic carbocycles. The van der Waals surface area contributed by atoms with Crippen LogP contribution >= 0.6 is 0 Å². The first-order chi connectivity index (χ1) is 11.8. The van der Waals surface area contributed by atoms with Crippen molar-refractivity contribution in [2.75, 3.05) is 7.11 Å². The third-order valence-corrected chi connectivity index (χ3v) is 4.48. The Labute approximate surface area is 141 Å². The van der Waals surface area contributed by atoms with Crippen LogP contribution in [0.15, 0.2) is 54.7 Å². The normalized spacial score (nSPS) is 11.4. The number of para-hydroxylation sites is 2. The lowest BCUT2D eigenvalue weighted by atomic mass is 10.1. The van der Waals surface area contributed by atoms with Crippen molar-refractivity contribution in [1.29, 1.82) is 0 Å². The minimum Gasteiger partial charge on any atom is -0.497 e. The van der Waals surface area contributed by atoms with Crippen molar-refractivity contribution in [1.82, 2.24) is 14.0 Å². The average molecular weight is 319 g/mol. The predicted molar refractivity (Wildman–Crippen MR) is 97.6 cm³/mol. The summed E-state index contributed by atoms with van der Waals surface area (Å²) in [7, 11) is 1.68. The number of rotatable bonds is 5. The smallest absolute Gasteiger partial charge is 0.215 e. The fourth-order valence-corrected chi connectivity index (χ4v) is 3.18. The van der Waals surface area contributed by atoms with E-state index in [1.807, 2.05) is 12.1 Å². The van der Waals surface area contributed by atoms with Gasteiger partial charge in [0.15, 0.2) is 0 Å². The Kier molecular flexibility index (Phi) is 3.73. The van der Waals surface area contributed by atoms with Crippen LogP contribution in [-0.4, -0.2) is 21.1 Å². The maximum absolute atomic E-state index is 5.24. The lowest BCUT2D eigenvalue weighted by molar-refractivity contribution is 0.415. The van der Waals surface area contributed by atoms with Crippen molar-refractivity contribution >= 4 is 16.8 Å². The molecule has 122 valence electrons. The van der Waals surface area contributed by atoms with Gasteiger partial charge >= 0.3 is 0 Å². The second kappa shape index (κ2) is 6.04. The third kappa shape index (κ3) is 2.35. The molecule has 24 heavy (non-hydrogen) atoms. The molecule has 0 bridgehead atoms. The quantitative estimate of drug-likeness (QED) is 0.531. The molecule has 4 nitrogen and oxygen atoms in total. The fraction of sp³-hybridized carbons (Fsp3) is 0.250. The molecular weight excluding hydrogens is 298 g/mol. The molecule has 0 atom stereocenters. The molecule has 0 aliphatic rings. The molecule has 0 N–H and O–H groups in total. The summed E-state index contributed by atoms with van der Waals surface area (Å²) < 4.78 is 9.76. The van der Waals surface area contributed by atoms with Gasteiger partial charge in [-0.15, -0.1) is 0 Å². The van der Waals surface area contributed by atoms with Gasteiger partial charge in [-0.3, -0.25) is 4.40 Å². The van der Waals surface area contributed by atoms with E-state index in [2.05, 4.69) is 58.5 Å². The van der Waals surface area contributed by atoms with Gasteiger partial charge in [-0.1, -0.05) is 25.5 Å². The van der Waals surface area contributed by atoms with E-state index in [0.29, 0.717) is 0 Å². The maximum Gasteiger partial charge on any atom is 0.215 e. The molecule has 0 spiro atoms. The van der Waals surface area contributed by atoms with Gasteiger partial charge in [0.05, 0.1) is 23.8 Å². The Bertz CT molecular complexity index is 979. The highest BCUT2D eigenvalue weighted by molar-refractivity contribution is 5.82. The zero-order valence-electron chi connectivity index (χ0n) is 14.1. The molecule has 0 saturated heterocycles. The first kappa shape index (κ1) is 14.8. The van der Waals surface area contributed by atoms with E-state index in [1.165, 1.54) is 17.5 Å². The Morgan fingerprint density at radius 1 is 1.00 bits per heavy atom. The van der Waals surface area contributed by atoms with E-state index in [9.17, 15) is 0 Å². The number of nitrogens with zero attached hydrogens (tertiary/aromatic N) is 3. The number of unbranched alkanes of at least 4 members (excludes halogenated alkanes) is 1. The molecule has 0 fully saturated rings. The van der Waals surface area contributed by atoms with E-state index in [-0.39, 0.29) is 0 Å². The van der Waals surface area contributed by atoms with Gasteiger partial charge in [-0.05, 0) is 42.8 Å². The highest BCUT2D eigenvalue weighted by Crippen LogP contribution is 2.27. The molecule has 0 amide bonds. The number of benzene rings is 2. The molecule has 4 rings (SSSR count). The second-order valence-corrected chi connectivity index (χ2v) is 6.02. The van der Waals surface area contributed by atoms with Gasteiger partial charge in [0, 0.05) is 18.3 Å². The summed E-state index contributed by atoms with van der Waals surface area (Å²) in [5.74, 6) is 1.87. The van der Waals surface area contributed by atoms with Crippen LogP contribution in [0.2, 0.25) is 0 Å². The van der Waals surface area contributed by atoms with Crippen LogP contribution < -0.4 is 4.74 Å². The lowest BCUT2D eigenvalue weighted by Gasteiger charge is -2.04. The van der Waals surface area contributed by atoms with Crippen molar-refractivity contribution in [3.05, 3.63) is 54.7 Å². The third-order valence-electron chi connectivity index (χ3n) is 4.48. The van der Waals surface area contributed by atoms with E-state index < -0.39 is 0 Å². The fourth-order valence-electron chi connectivity index (χ4n) is 3.18. The van der Waals surface area contributed by atoms with Gasteiger partial charge in [0.25, 0.3) is 0 Å². The van der Waals surface area contributed by atoms with Crippen LogP contribution in [0.1, 0.15) is 19.8 Å². The summed E-state index contributed by atoms with van der Waals surface area (Å²) in [5.41, 5.74) is 4.54. The van der Waals surface area contributed by atoms with E-state index in [1.54, 1.807) is 7.11 Å². The Morgan fingerprint density at radius 3 is 2.46 bits per heavy atom. The van der Waals surface area contributed by atoms with Gasteiger partial charge in [-0.2, -0.15) is 0 Å². The van der Waals surface area contributed by atoms with Crippen LogP contribution in [0.5, 0.6) is 5.75 Å². The summed E-state index contributed by atoms with van der Waals surface area (Å²) in [6.45, 7) is 3.21. The topological polar surface area (TPSA) is 31.5 Å². The van der Waals surface area contributed by atoms with Crippen molar-refractivity contribution in [3.8, 4) is 17.0 Å². The predicted octanol–water partition coefficient (Wildman–Crippen LogP) is 4.76. The second-order valence-electron chi connectivity index (χ2n) is 6.02. The molecule has 0 unspecified atom stereocenters. The molecule has 2 aromatic carbocycles. The molecule has 2 aromatic heterocycles. The van der Waals surface area contributed by atoms with Crippen molar-refractivity contribution in [2.24, 2.45) is 0 Å². The van der Waals surface area contributed by atoms with E-state index >= 15 is 0 Å². The zero-order valence-corrected chi connectivity index (χ0v) is 14.1. The minimum atomic E-state index is 0.861. The van der Waals surface area contributed by atoms with Crippen molar-refractivity contribution in [3.63, 3.8) is 0 Å². The van der Waals surface area contributed by atoms with Crippen molar-refractivity contribution in [2.45, 2.75) is 26.3 Å². The molecule has 0 saturated carbocycles. The summed E-state index contributed by atoms with van der Waals surface area (Å²) >= 11 is 0. The van der Waals surface area contributed by atoms with Gasteiger partial charge < -0.3 is 9.30 Å². The Hall–Kier alpha value is -2.75. The number of hydrogen-bond acceptors (Lipinski definition) is 2. The Balaban J connectivity index is 1.87. The van der Waals surface area contributed by atoms with E-state index in [4.69, 9.17) is 9.72 Å². The average Bonchev–Trinajstić information content (AvgIpc) is 3.18. The SMILES string of the molecule is CCCCn1c2ccccc2n2cc(-c3ccc(OC)cc3)nc12. The summed E-state index contributed by atoms with van der Waals surface area (Å²) in [5, 5.41) is 0. The van der Waals surface area contributed by atoms with E-state index in [0.717, 1.165) is 35.8 Å². The first-order valence-electron chi connectivity index (χ1n) is 8.42. The molecule has 4 aromatic rings. The number of ether oxygens (including phenoxy) is 1. The van der Waals surface area contributed by atoms with Crippen LogP contribution in [0.4, 0.5) is 0 Å². The summed E-state index contributed by atoms with van der Waals surface area (Å²) in [4.78, 5) is 4.91. The molecule has 0 aliphatic heterocycles. The molecule has 0 radical (unpaired) electrons. The Morgan fingerprint density at radius 2 is 1.75 bits per heavy atom. The molecular formula is C20H21N3O. The number of imidazole rings is 2. The monoisotopic (exact) mass is 319 g/mol. The highest BCUT2D eigenvalue weighted by Gasteiger charge is 2.14. The van der Waals surface area contributed by atoms with Crippen LogP contribution in [0, 0.1) is 0 Å². The number of fused-ring (bicyclic) bond motifs is 3. The summed E-state index contributed by atoms with van der Waals surface area (Å²) in [6.07, 6.45) is 4.45. The molecule has 2 heterocycles. The van der Waals surface area contributed by atoms with Crippen LogP contribution in [0.25, 0.3) is 28.1 Å². The summed E-state index contributed by atoms with van der Waals surface area (Å²) in [6, 6.07) is 16.6. The highest BCUT2D eigenvalue weighted by atomic mass is 16.5. The van der Waals surface area contributed by atoms with Crippen LogP contribution in [0.3, 0.4) is 0 Å². The van der Waals surface area contributed by atoms with Gasteiger partial charge in [-0.25, -0.2) is 4.98 Å². The number of methoxy groups -OCH3 is 1. The minimum absolute atomic E-state index is 0.861. The maximum atomic E-state index is 5.24. The number of hydrogen-bond donors (Lipinski definition) is 0.